The minimum atomic E-state index is 0. The van der Waals surface area contributed by atoms with Crippen LogP contribution >= 0.6 is 35.3 Å². The molecule has 0 unspecified atom stereocenters. The second-order valence-corrected chi connectivity index (χ2v) is 7.93. The molecule has 0 atom stereocenters. The molecule has 1 aliphatic heterocycles. The first-order valence-electron chi connectivity index (χ1n) is 9.38. The summed E-state index contributed by atoms with van der Waals surface area (Å²) < 4.78 is 5.24. The quantitative estimate of drug-likeness (QED) is 0.376. The number of piperazine rings is 1. The van der Waals surface area contributed by atoms with Crippen molar-refractivity contribution in [2.45, 2.75) is 20.3 Å². The second kappa shape index (κ2) is 10.8. The molecule has 0 spiro atoms. The van der Waals surface area contributed by atoms with Gasteiger partial charge in [-0.3, -0.25) is 4.99 Å². The summed E-state index contributed by atoms with van der Waals surface area (Å²) in [6.07, 6.45) is 0.988. The fourth-order valence-electron chi connectivity index (χ4n) is 3.40. The van der Waals surface area contributed by atoms with Crippen molar-refractivity contribution in [3.05, 3.63) is 39.8 Å². The van der Waals surface area contributed by atoms with Crippen LogP contribution in [-0.2, 0) is 6.42 Å². The molecule has 154 valence electrons. The topological polar surface area (TPSA) is 53.0 Å². The number of hydrogen-bond acceptors (Lipinski definition) is 5. The highest BCUT2D eigenvalue weighted by molar-refractivity contribution is 14.0. The molecule has 1 saturated heterocycles. The number of aliphatic imine (C=N–C) groups is 1. The van der Waals surface area contributed by atoms with Crippen molar-refractivity contribution in [2.75, 3.05) is 51.8 Å². The van der Waals surface area contributed by atoms with E-state index >= 15 is 0 Å². The SMILES string of the molecule is CN=C(NCCc1sc(C)nc1C)N1CCN(c2ccc(OC)cc2)CC1.I. The molecule has 1 aromatic carbocycles. The third-order valence-electron chi connectivity index (χ3n) is 4.86. The van der Waals surface area contributed by atoms with Gasteiger partial charge in [-0.25, -0.2) is 4.98 Å². The molecule has 0 saturated carbocycles. The zero-order valence-electron chi connectivity index (χ0n) is 17.1. The number of hydrogen-bond donors (Lipinski definition) is 1. The first-order chi connectivity index (χ1) is 13.1. The Kier molecular flexibility index (Phi) is 8.81. The van der Waals surface area contributed by atoms with Crippen LogP contribution in [0.2, 0.25) is 0 Å². The molecule has 0 amide bonds. The van der Waals surface area contributed by atoms with Gasteiger partial charge in [0.25, 0.3) is 0 Å². The Labute approximate surface area is 189 Å². The standard InChI is InChI=1S/C20H29N5OS.HI/c1-15-19(27-16(2)23-15)9-10-22-20(21-3)25-13-11-24(12-14-25)17-5-7-18(26-4)8-6-17;/h5-8H,9-14H2,1-4H3,(H,21,22);1H. The lowest BCUT2D eigenvalue weighted by Gasteiger charge is -2.37. The Morgan fingerprint density at radius 1 is 1.18 bits per heavy atom. The van der Waals surface area contributed by atoms with Gasteiger partial charge in [-0.15, -0.1) is 35.3 Å². The Morgan fingerprint density at radius 2 is 1.86 bits per heavy atom. The molecule has 0 bridgehead atoms. The summed E-state index contributed by atoms with van der Waals surface area (Å²) in [5.74, 6) is 1.89. The summed E-state index contributed by atoms with van der Waals surface area (Å²) in [7, 11) is 3.56. The third kappa shape index (κ3) is 5.73. The summed E-state index contributed by atoms with van der Waals surface area (Å²) in [5.41, 5.74) is 2.40. The largest absolute Gasteiger partial charge is 0.497 e. The van der Waals surface area contributed by atoms with Crippen LogP contribution in [0.5, 0.6) is 5.75 Å². The van der Waals surface area contributed by atoms with Gasteiger partial charge in [0, 0.05) is 56.8 Å². The molecule has 3 rings (SSSR count). The lowest BCUT2D eigenvalue weighted by atomic mass is 10.2. The van der Waals surface area contributed by atoms with E-state index in [1.807, 2.05) is 19.2 Å². The number of benzene rings is 1. The number of nitrogens with zero attached hydrogens (tertiary/aromatic N) is 4. The number of halogens is 1. The number of nitrogens with one attached hydrogen (secondary N) is 1. The Balaban J connectivity index is 0.00000280. The molecule has 8 heteroatoms. The molecule has 1 aromatic heterocycles. The zero-order chi connectivity index (χ0) is 19.2. The predicted octanol–water partition coefficient (Wildman–Crippen LogP) is 3.33. The number of ether oxygens (including phenoxy) is 1. The summed E-state index contributed by atoms with van der Waals surface area (Å²) in [4.78, 5) is 15.1. The van der Waals surface area contributed by atoms with Crippen molar-refractivity contribution < 1.29 is 4.74 Å². The number of aromatic nitrogens is 1. The van der Waals surface area contributed by atoms with Crippen molar-refractivity contribution in [2.24, 2.45) is 4.99 Å². The number of thiazole rings is 1. The fraction of sp³-hybridized carbons (Fsp3) is 0.500. The smallest absolute Gasteiger partial charge is 0.193 e. The van der Waals surface area contributed by atoms with E-state index in [1.165, 1.54) is 10.6 Å². The van der Waals surface area contributed by atoms with Crippen LogP contribution in [0.4, 0.5) is 5.69 Å². The van der Waals surface area contributed by atoms with E-state index in [9.17, 15) is 0 Å². The van der Waals surface area contributed by atoms with Gasteiger partial charge >= 0.3 is 0 Å². The molecule has 1 fully saturated rings. The molecule has 6 nitrogen and oxygen atoms in total. The van der Waals surface area contributed by atoms with E-state index in [0.717, 1.165) is 61.6 Å². The second-order valence-electron chi connectivity index (χ2n) is 6.64. The monoisotopic (exact) mass is 515 g/mol. The lowest BCUT2D eigenvalue weighted by molar-refractivity contribution is 0.373. The van der Waals surface area contributed by atoms with Gasteiger partial charge in [0.1, 0.15) is 5.75 Å². The molecule has 1 aliphatic rings. The summed E-state index contributed by atoms with van der Waals surface area (Å²) in [6, 6.07) is 8.29. The maximum Gasteiger partial charge on any atom is 0.193 e. The van der Waals surface area contributed by atoms with Crippen LogP contribution in [0.1, 0.15) is 15.6 Å². The average Bonchev–Trinajstić information content (AvgIpc) is 3.02. The Hall–Kier alpha value is -1.55. The number of rotatable bonds is 5. The van der Waals surface area contributed by atoms with Crippen molar-refractivity contribution in [1.82, 2.24) is 15.2 Å². The van der Waals surface area contributed by atoms with Gasteiger partial charge in [-0.05, 0) is 38.1 Å². The normalized spacial score (nSPS) is 14.6. The first kappa shape index (κ1) is 22.7. The van der Waals surface area contributed by atoms with Crippen molar-refractivity contribution >= 4 is 47.0 Å². The van der Waals surface area contributed by atoms with Crippen molar-refractivity contribution in [3.8, 4) is 5.75 Å². The molecule has 2 heterocycles. The zero-order valence-corrected chi connectivity index (χ0v) is 20.2. The molecular formula is C20H30IN5OS. The van der Waals surface area contributed by atoms with Crippen LogP contribution in [0, 0.1) is 13.8 Å². The molecule has 0 radical (unpaired) electrons. The van der Waals surface area contributed by atoms with E-state index < -0.39 is 0 Å². The Bertz CT molecular complexity index is 769. The highest BCUT2D eigenvalue weighted by Gasteiger charge is 2.19. The van der Waals surface area contributed by atoms with Gasteiger partial charge in [0.2, 0.25) is 0 Å². The van der Waals surface area contributed by atoms with Gasteiger partial charge < -0.3 is 19.9 Å². The molecule has 2 aromatic rings. The molecule has 28 heavy (non-hydrogen) atoms. The van der Waals surface area contributed by atoms with E-state index in [-0.39, 0.29) is 24.0 Å². The fourth-order valence-corrected chi connectivity index (χ4v) is 4.33. The lowest BCUT2D eigenvalue weighted by Crippen LogP contribution is -2.52. The Morgan fingerprint density at radius 3 is 2.39 bits per heavy atom. The van der Waals surface area contributed by atoms with E-state index in [2.05, 4.69) is 51.1 Å². The van der Waals surface area contributed by atoms with Gasteiger partial charge in [-0.2, -0.15) is 0 Å². The number of anilines is 1. The van der Waals surface area contributed by atoms with Gasteiger partial charge in [0.15, 0.2) is 5.96 Å². The van der Waals surface area contributed by atoms with Crippen LogP contribution < -0.4 is 15.0 Å². The summed E-state index contributed by atoms with van der Waals surface area (Å²) in [6.45, 7) is 8.94. The highest BCUT2D eigenvalue weighted by Crippen LogP contribution is 2.20. The summed E-state index contributed by atoms with van der Waals surface area (Å²) >= 11 is 1.79. The van der Waals surface area contributed by atoms with Crippen molar-refractivity contribution in [1.29, 1.82) is 0 Å². The van der Waals surface area contributed by atoms with E-state index in [0.29, 0.717) is 0 Å². The van der Waals surface area contributed by atoms with Crippen molar-refractivity contribution in [3.63, 3.8) is 0 Å². The number of aryl methyl sites for hydroxylation is 2. The first-order valence-corrected chi connectivity index (χ1v) is 10.2. The molecule has 1 N–H and O–H groups in total. The predicted molar refractivity (Wildman–Crippen MR) is 129 cm³/mol. The third-order valence-corrected chi connectivity index (χ3v) is 6.00. The molecule has 0 aliphatic carbocycles. The summed E-state index contributed by atoms with van der Waals surface area (Å²) in [5, 5.41) is 4.65. The number of methoxy groups -OCH3 is 1. The van der Waals surface area contributed by atoms with Crippen LogP contribution in [0.3, 0.4) is 0 Å². The number of guanidine groups is 1. The van der Waals surface area contributed by atoms with Crippen LogP contribution in [0.15, 0.2) is 29.3 Å². The highest BCUT2D eigenvalue weighted by atomic mass is 127. The van der Waals surface area contributed by atoms with Gasteiger partial charge in [0.05, 0.1) is 17.8 Å². The van der Waals surface area contributed by atoms with E-state index in [1.54, 1.807) is 18.4 Å². The van der Waals surface area contributed by atoms with Crippen LogP contribution in [-0.4, -0.2) is 62.7 Å². The maximum absolute atomic E-state index is 5.24. The molecular weight excluding hydrogens is 485 g/mol. The minimum absolute atomic E-state index is 0. The maximum atomic E-state index is 5.24. The minimum Gasteiger partial charge on any atom is -0.497 e. The van der Waals surface area contributed by atoms with E-state index in [4.69, 9.17) is 4.74 Å². The van der Waals surface area contributed by atoms with Gasteiger partial charge in [-0.1, -0.05) is 0 Å². The average molecular weight is 515 g/mol. The van der Waals surface area contributed by atoms with Crippen LogP contribution in [0.25, 0.3) is 0 Å².